The van der Waals surface area contributed by atoms with E-state index < -0.39 is 0 Å². The molecule has 0 atom stereocenters. The lowest BCUT2D eigenvalue weighted by molar-refractivity contribution is -0.116. The van der Waals surface area contributed by atoms with Crippen LogP contribution >= 0.6 is 0 Å². The zero-order valence-electron chi connectivity index (χ0n) is 17.1. The molecule has 1 aromatic carbocycles. The number of carbonyl (C=O) groups excluding carboxylic acids is 2. The summed E-state index contributed by atoms with van der Waals surface area (Å²) in [5.41, 5.74) is 3.14. The van der Waals surface area contributed by atoms with Crippen molar-refractivity contribution in [1.29, 1.82) is 0 Å². The molecule has 0 spiro atoms. The summed E-state index contributed by atoms with van der Waals surface area (Å²) >= 11 is 0. The number of nitrogens with zero attached hydrogens (tertiary/aromatic N) is 2. The molecule has 6 heteroatoms. The summed E-state index contributed by atoms with van der Waals surface area (Å²) in [5, 5.41) is 5.92. The third-order valence-electron chi connectivity index (χ3n) is 5.15. The third kappa shape index (κ3) is 6.04. The number of aromatic nitrogens is 1. The Morgan fingerprint density at radius 3 is 2.69 bits per heavy atom. The van der Waals surface area contributed by atoms with Crippen LogP contribution in [0.2, 0.25) is 0 Å². The molecule has 1 fully saturated rings. The van der Waals surface area contributed by atoms with Crippen LogP contribution in [0, 0.1) is 0 Å². The highest BCUT2D eigenvalue weighted by Crippen LogP contribution is 2.28. The maximum atomic E-state index is 13.0. The molecule has 0 aliphatic carbocycles. The molecular formula is C23H30N4O2. The number of pyridine rings is 1. The van der Waals surface area contributed by atoms with Gasteiger partial charge in [0.05, 0.1) is 5.56 Å². The summed E-state index contributed by atoms with van der Waals surface area (Å²) in [6.45, 7) is 4.43. The first-order chi connectivity index (χ1) is 14.2. The molecule has 1 aliphatic heterocycles. The molecule has 29 heavy (non-hydrogen) atoms. The van der Waals surface area contributed by atoms with E-state index in [1.165, 1.54) is 0 Å². The Balaban J connectivity index is 1.73. The standard InChI is InChI=1S/C23H30N4O2/c1-2-3-4-9-22(28)26-19-10-11-21(27-13-5-6-14-27)20(15-19)23(29)25-17-18-8-7-12-24-16-18/h7-8,10-12,15-16H,2-6,9,13-14,17H2,1H3,(H,25,29)(H,26,28). The maximum absolute atomic E-state index is 13.0. The van der Waals surface area contributed by atoms with Gasteiger partial charge in [0.1, 0.15) is 0 Å². The van der Waals surface area contributed by atoms with Crippen molar-refractivity contribution in [2.45, 2.75) is 52.0 Å². The van der Waals surface area contributed by atoms with Gasteiger partial charge in [0, 0.05) is 49.8 Å². The monoisotopic (exact) mass is 394 g/mol. The van der Waals surface area contributed by atoms with Crippen molar-refractivity contribution < 1.29 is 9.59 Å². The first-order valence-corrected chi connectivity index (χ1v) is 10.5. The molecule has 2 aromatic rings. The van der Waals surface area contributed by atoms with Crippen LogP contribution in [-0.4, -0.2) is 29.9 Å². The van der Waals surface area contributed by atoms with Crippen molar-refractivity contribution in [3.63, 3.8) is 0 Å². The minimum absolute atomic E-state index is 0.00547. The quantitative estimate of drug-likeness (QED) is 0.627. The van der Waals surface area contributed by atoms with Crippen LogP contribution in [-0.2, 0) is 11.3 Å². The normalized spacial score (nSPS) is 13.3. The van der Waals surface area contributed by atoms with Gasteiger partial charge in [0.15, 0.2) is 0 Å². The number of carbonyl (C=O) groups is 2. The highest BCUT2D eigenvalue weighted by molar-refractivity contribution is 6.02. The zero-order chi connectivity index (χ0) is 20.5. The van der Waals surface area contributed by atoms with E-state index >= 15 is 0 Å². The molecule has 2 amide bonds. The molecule has 0 bridgehead atoms. The molecule has 2 N–H and O–H groups in total. The second-order valence-electron chi connectivity index (χ2n) is 7.48. The van der Waals surface area contributed by atoms with Crippen molar-refractivity contribution in [3.8, 4) is 0 Å². The fourth-order valence-electron chi connectivity index (χ4n) is 3.57. The van der Waals surface area contributed by atoms with E-state index in [4.69, 9.17) is 0 Å². The molecule has 1 aliphatic rings. The van der Waals surface area contributed by atoms with Gasteiger partial charge in [0.25, 0.3) is 5.91 Å². The van der Waals surface area contributed by atoms with E-state index in [-0.39, 0.29) is 11.8 Å². The van der Waals surface area contributed by atoms with Crippen LogP contribution in [0.3, 0.4) is 0 Å². The lowest BCUT2D eigenvalue weighted by Crippen LogP contribution is -2.27. The third-order valence-corrected chi connectivity index (χ3v) is 5.15. The highest BCUT2D eigenvalue weighted by atomic mass is 16.2. The number of nitrogens with one attached hydrogen (secondary N) is 2. The van der Waals surface area contributed by atoms with Gasteiger partial charge in [-0.3, -0.25) is 14.6 Å². The number of amides is 2. The number of unbranched alkanes of at least 4 members (excludes halogenated alkanes) is 2. The highest BCUT2D eigenvalue weighted by Gasteiger charge is 2.20. The van der Waals surface area contributed by atoms with E-state index in [1.54, 1.807) is 18.5 Å². The molecule has 6 nitrogen and oxygen atoms in total. The summed E-state index contributed by atoms with van der Waals surface area (Å²) in [7, 11) is 0. The van der Waals surface area contributed by atoms with Gasteiger partial charge in [-0.2, -0.15) is 0 Å². The summed E-state index contributed by atoms with van der Waals surface area (Å²) in [5.74, 6) is -0.146. The second-order valence-corrected chi connectivity index (χ2v) is 7.48. The van der Waals surface area contributed by atoms with E-state index in [2.05, 4.69) is 27.4 Å². The van der Waals surface area contributed by atoms with Gasteiger partial charge in [-0.05, 0) is 49.1 Å². The fraction of sp³-hybridized carbons (Fsp3) is 0.435. The Labute approximate surface area is 172 Å². The van der Waals surface area contributed by atoms with Crippen molar-refractivity contribution >= 4 is 23.2 Å². The van der Waals surface area contributed by atoms with Crippen LogP contribution in [0.15, 0.2) is 42.7 Å². The summed E-state index contributed by atoms with van der Waals surface area (Å²) in [4.78, 5) is 31.5. The average Bonchev–Trinajstić information content (AvgIpc) is 3.27. The summed E-state index contributed by atoms with van der Waals surface area (Å²) in [6, 6.07) is 9.42. The Morgan fingerprint density at radius 1 is 1.14 bits per heavy atom. The minimum Gasteiger partial charge on any atom is -0.371 e. The molecule has 0 saturated carbocycles. The molecule has 1 saturated heterocycles. The Kier molecular flexibility index (Phi) is 7.61. The average molecular weight is 395 g/mol. The zero-order valence-corrected chi connectivity index (χ0v) is 17.1. The molecule has 0 unspecified atom stereocenters. The first-order valence-electron chi connectivity index (χ1n) is 10.5. The first kappa shape index (κ1) is 20.8. The van der Waals surface area contributed by atoms with Crippen molar-refractivity contribution in [3.05, 3.63) is 53.9 Å². The molecule has 1 aromatic heterocycles. The lowest BCUT2D eigenvalue weighted by Gasteiger charge is -2.22. The number of hydrogen-bond acceptors (Lipinski definition) is 4. The molecule has 3 rings (SSSR count). The van der Waals surface area contributed by atoms with Gasteiger partial charge in [-0.15, -0.1) is 0 Å². The minimum atomic E-state index is -0.141. The van der Waals surface area contributed by atoms with E-state index in [0.717, 1.165) is 56.4 Å². The lowest BCUT2D eigenvalue weighted by atomic mass is 10.1. The Hall–Kier alpha value is -2.89. The van der Waals surface area contributed by atoms with Crippen molar-refractivity contribution in [1.82, 2.24) is 10.3 Å². The van der Waals surface area contributed by atoms with E-state index in [9.17, 15) is 9.59 Å². The smallest absolute Gasteiger partial charge is 0.253 e. The molecule has 154 valence electrons. The fourth-order valence-corrected chi connectivity index (χ4v) is 3.57. The number of benzene rings is 1. The van der Waals surface area contributed by atoms with Crippen LogP contribution in [0.25, 0.3) is 0 Å². The number of hydrogen-bond donors (Lipinski definition) is 2. The van der Waals surface area contributed by atoms with Crippen molar-refractivity contribution in [2.24, 2.45) is 0 Å². The van der Waals surface area contributed by atoms with Gasteiger partial charge in [-0.25, -0.2) is 0 Å². The largest absolute Gasteiger partial charge is 0.371 e. The molecule has 0 radical (unpaired) electrons. The SMILES string of the molecule is CCCCCC(=O)Nc1ccc(N2CCCC2)c(C(=O)NCc2cccnc2)c1. The van der Waals surface area contributed by atoms with Crippen LogP contribution < -0.4 is 15.5 Å². The summed E-state index contributed by atoms with van der Waals surface area (Å²) < 4.78 is 0. The number of anilines is 2. The van der Waals surface area contributed by atoms with Crippen LogP contribution in [0.1, 0.15) is 61.4 Å². The topological polar surface area (TPSA) is 74.3 Å². The predicted octanol–water partition coefficient (Wildman–Crippen LogP) is 4.13. The van der Waals surface area contributed by atoms with Gasteiger partial charge in [0.2, 0.25) is 5.91 Å². The predicted molar refractivity (Wildman–Crippen MR) is 116 cm³/mol. The van der Waals surface area contributed by atoms with E-state index in [1.807, 2.05) is 24.3 Å². The maximum Gasteiger partial charge on any atom is 0.253 e. The van der Waals surface area contributed by atoms with Gasteiger partial charge in [-0.1, -0.05) is 25.8 Å². The van der Waals surface area contributed by atoms with E-state index in [0.29, 0.717) is 24.2 Å². The van der Waals surface area contributed by atoms with Gasteiger partial charge >= 0.3 is 0 Å². The second kappa shape index (κ2) is 10.6. The Morgan fingerprint density at radius 2 is 1.97 bits per heavy atom. The summed E-state index contributed by atoms with van der Waals surface area (Å²) in [6.07, 6.45) is 9.23. The molecular weight excluding hydrogens is 364 g/mol. The van der Waals surface area contributed by atoms with Gasteiger partial charge < -0.3 is 15.5 Å². The molecule has 2 heterocycles. The Bertz CT molecular complexity index is 817. The number of rotatable bonds is 9. The van der Waals surface area contributed by atoms with Crippen LogP contribution in [0.5, 0.6) is 0 Å². The van der Waals surface area contributed by atoms with Crippen LogP contribution in [0.4, 0.5) is 11.4 Å². The van der Waals surface area contributed by atoms with Crippen molar-refractivity contribution in [2.75, 3.05) is 23.3 Å².